The van der Waals surface area contributed by atoms with Crippen LogP contribution in [-0.2, 0) is 6.42 Å². The molecule has 0 radical (unpaired) electrons. The molecule has 7 heteroatoms. The number of amidine groups is 1. The lowest BCUT2D eigenvalue weighted by atomic mass is 10.2. The van der Waals surface area contributed by atoms with E-state index in [-0.39, 0.29) is 11.4 Å². The zero-order chi connectivity index (χ0) is 15.4. The summed E-state index contributed by atoms with van der Waals surface area (Å²) in [6, 6.07) is 6.73. The van der Waals surface area contributed by atoms with Crippen molar-refractivity contribution < 1.29 is 0 Å². The number of aryl methyl sites for hydroxylation is 1. The van der Waals surface area contributed by atoms with Gasteiger partial charge in [-0.15, -0.1) is 0 Å². The van der Waals surface area contributed by atoms with Gasteiger partial charge in [-0.25, -0.2) is 4.98 Å². The molecule has 0 fully saturated rings. The van der Waals surface area contributed by atoms with Crippen LogP contribution < -0.4 is 11.3 Å². The van der Waals surface area contributed by atoms with Gasteiger partial charge in [0.15, 0.2) is 5.16 Å². The Bertz CT molecular complexity index is 729. The van der Waals surface area contributed by atoms with Gasteiger partial charge in [-0.3, -0.25) is 10.2 Å². The Morgan fingerprint density at radius 2 is 2.29 bits per heavy atom. The second-order valence-electron chi connectivity index (χ2n) is 4.42. The number of hydrogen-bond donors (Lipinski definition) is 3. The Balaban J connectivity index is 2.41. The first-order valence-electron chi connectivity index (χ1n) is 6.42. The number of benzene rings is 1. The van der Waals surface area contributed by atoms with E-state index in [1.54, 1.807) is 18.2 Å². The lowest BCUT2D eigenvalue weighted by Crippen LogP contribution is -2.14. The number of halogens is 1. The van der Waals surface area contributed by atoms with E-state index in [0.717, 1.165) is 18.5 Å². The number of aromatic amines is 1. The van der Waals surface area contributed by atoms with Gasteiger partial charge in [-0.2, -0.15) is 0 Å². The second kappa shape index (κ2) is 6.78. The zero-order valence-corrected chi connectivity index (χ0v) is 13.0. The molecule has 5 nitrogen and oxygen atoms in total. The lowest BCUT2D eigenvalue weighted by molar-refractivity contribution is 0.816. The summed E-state index contributed by atoms with van der Waals surface area (Å²) in [6.45, 7) is 2.03. The topological polar surface area (TPSA) is 95.6 Å². The normalized spacial score (nSPS) is 10.6. The van der Waals surface area contributed by atoms with Gasteiger partial charge in [0.1, 0.15) is 5.84 Å². The Kier molecular flexibility index (Phi) is 5.03. The first-order valence-corrected chi connectivity index (χ1v) is 7.61. The van der Waals surface area contributed by atoms with Crippen LogP contribution in [0.4, 0.5) is 0 Å². The molecule has 1 aromatic carbocycles. The maximum Gasteiger partial charge on any atom is 0.251 e. The van der Waals surface area contributed by atoms with E-state index in [1.807, 2.05) is 6.92 Å². The van der Waals surface area contributed by atoms with E-state index in [0.29, 0.717) is 20.6 Å². The SMILES string of the molecule is CCCc1cc(=O)[nH]c(Sc2cccc(Cl)c2C(=N)N)n1. The number of H-pyrrole nitrogens is 1. The molecular weight excluding hydrogens is 308 g/mol. The Hall–Kier alpha value is -1.79. The summed E-state index contributed by atoms with van der Waals surface area (Å²) in [6.07, 6.45) is 1.66. The lowest BCUT2D eigenvalue weighted by Gasteiger charge is -2.09. The molecule has 0 unspecified atom stereocenters. The van der Waals surface area contributed by atoms with E-state index in [9.17, 15) is 4.79 Å². The molecule has 21 heavy (non-hydrogen) atoms. The molecular formula is C14H15ClN4OS. The van der Waals surface area contributed by atoms with Crippen molar-refractivity contribution in [2.45, 2.75) is 29.8 Å². The fourth-order valence-corrected chi connectivity index (χ4v) is 3.19. The summed E-state index contributed by atoms with van der Waals surface area (Å²) >= 11 is 7.32. The van der Waals surface area contributed by atoms with E-state index in [1.165, 1.54) is 17.8 Å². The predicted octanol–water partition coefficient (Wildman–Crippen LogP) is 2.81. The van der Waals surface area contributed by atoms with Crippen LogP contribution in [-0.4, -0.2) is 15.8 Å². The van der Waals surface area contributed by atoms with Gasteiger partial charge >= 0.3 is 0 Å². The third-order valence-electron chi connectivity index (χ3n) is 2.73. The fraction of sp³-hybridized carbons (Fsp3) is 0.214. The van der Waals surface area contributed by atoms with Gasteiger partial charge in [0.2, 0.25) is 0 Å². The number of nitrogens with one attached hydrogen (secondary N) is 2. The van der Waals surface area contributed by atoms with Crippen LogP contribution in [0.25, 0.3) is 0 Å². The summed E-state index contributed by atoms with van der Waals surface area (Å²) in [5, 5.41) is 8.49. The number of nitrogens with two attached hydrogens (primary N) is 1. The minimum absolute atomic E-state index is 0.116. The number of nitrogen functional groups attached to an aromatic ring is 1. The highest BCUT2D eigenvalue weighted by Crippen LogP contribution is 2.31. The van der Waals surface area contributed by atoms with Crippen molar-refractivity contribution in [2.24, 2.45) is 5.73 Å². The Morgan fingerprint density at radius 3 is 2.95 bits per heavy atom. The number of aromatic nitrogens is 2. The summed E-state index contributed by atoms with van der Waals surface area (Å²) < 4.78 is 0. The molecule has 0 amide bonds. The molecule has 0 spiro atoms. The van der Waals surface area contributed by atoms with Gasteiger partial charge in [-0.1, -0.05) is 42.8 Å². The van der Waals surface area contributed by atoms with Crippen LogP contribution in [0.15, 0.2) is 39.1 Å². The van der Waals surface area contributed by atoms with Crippen LogP contribution >= 0.6 is 23.4 Å². The molecule has 110 valence electrons. The number of hydrogen-bond acceptors (Lipinski definition) is 4. The maximum atomic E-state index is 11.7. The highest BCUT2D eigenvalue weighted by Gasteiger charge is 2.12. The quantitative estimate of drug-likeness (QED) is 0.448. The molecule has 0 saturated carbocycles. The Labute approximate surface area is 131 Å². The monoisotopic (exact) mass is 322 g/mol. The summed E-state index contributed by atoms with van der Waals surface area (Å²) in [5.41, 5.74) is 6.57. The van der Waals surface area contributed by atoms with Crippen LogP contribution in [0.3, 0.4) is 0 Å². The summed E-state index contributed by atoms with van der Waals surface area (Å²) in [4.78, 5) is 19.4. The Morgan fingerprint density at radius 1 is 1.52 bits per heavy atom. The van der Waals surface area contributed by atoms with Crippen molar-refractivity contribution in [3.63, 3.8) is 0 Å². The van der Waals surface area contributed by atoms with Crippen LogP contribution in [0, 0.1) is 5.41 Å². The van der Waals surface area contributed by atoms with E-state index >= 15 is 0 Å². The average Bonchev–Trinajstić information content (AvgIpc) is 2.37. The van der Waals surface area contributed by atoms with Crippen LogP contribution in [0.5, 0.6) is 0 Å². The van der Waals surface area contributed by atoms with Crippen molar-refractivity contribution in [3.8, 4) is 0 Å². The minimum Gasteiger partial charge on any atom is -0.384 e. The van der Waals surface area contributed by atoms with Crippen LogP contribution in [0.1, 0.15) is 24.6 Å². The fourth-order valence-electron chi connectivity index (χ4n) is 1.87. The van der Waals surface area contributed by atoms with Gasteiger partial charge in [0.05, 0.1) is 5.02 Å². The van der Waals surface area contributed by atoms with Gasteiger partial charge in [0, 0.05) is 22.2 Å². The van der Waals surface area contributed by atoms with Crippen molar-refractivity contribution in [1.29, 1.82) is 5.41 Å². The van der Waals surface area contributed by atoms with Crippen LogP contribution in [0.2, 0.25) is 5.02 Å². The van der Waals surface area contributed by atoms with E-state index in [2.05, 4.69) is 9.97 Å². The van der Waals surface area contributed by atoms with E-state index < -0.39 is 0 Å². The molecule has 0 aliphatic rings. The zero-order valence-electron chi connectivity index (χ0n) is 11.4. The third-order valence-corrected chi connectivity index (χ3v) is 3.99. The largest absolute Gasteiger partial charge is 0.384 e. The van der Waals surface area contributed by atoms with E-state index in [4.69, 9.17) is 22.7 Å². The third kappa shape index (κ3) is 3.86. The summed E-state index contributed by atoms with van der Waals surface area (Å²) in [7, 11) is 0. The molecule has 0 aliphatic heterocycles. The average molecular weight is 323 g/mol. The molecule has 1 heterocycles. The first-order chi connectivity index (χ1) is 10.0. The standard InChI is InChI=1S/C14H15ClN4OS/c1-2-4-8-7-11(20)19-14(18-8)21-10-6-3-5-9(15)12(10)13(16)17/h3,5-7H,2,4H2,1H3,(H3,16,17)(H,18,19,20). The summed E-state index contributed by atoms with van der Waals surface area (Å²) in [5.74, 6) is -0.116. The molecule has 2 rings (SSSR count). The van der Waals surface area contributed by atoms with Crippen molar-refractivity contribution in [3.05, 3.63) is 50.9 Å². The number of rotatable bonds is 5. The highest BCUT2D eigenvalue weighted by molar-refractivity contribution is 7.99. The minimum atomic E-state index is -0.192. The first kappa shape index (κ1) is 15.6. The predicted molar refractivity (Wildman–Crippen MR) is 85.4 cm³/mol. The van der Waals surface area contributed by atoms with Crippen molar-refractivity contribution in [2.75, 3.05) is 0 Å². The molecule has 0 aliphatic carbocycles. The molecule has 2 aromatic rings. The molecule has 1 aromatic heterocycles. The number of nitrogens with zero attached hydrogens (tertiary/aromatic N) is 1. The molecule has 0 saturated heterocycles. The molecule has 4 N–H and O–H groups in total. The second-order valence-corrected chi connectivity index (χ2v) is 5.86. The maximum absolute atomic E-state index is 11.7. The smallest absolute Gasteiger partial charge is 0.251 e. The van der Waals surface area contributed by atoms with Gasteiger partial charge < -0.3 is 10.7 Å². The van der Waals surface area contributed by atoms with Gasteiger partial charge in [-0.05, 0) is 18.6 Å². The highest BCUT2D eigenvalue weighted by atomic mass is 35.5. The van der Waals surface area contributed by atoms with Gasteiger partial charge in [0.25, 0.3) is 5.56 Å². The molecule has 0 bridgehead atoms. The van der Waals surface area contributed by atoms with Crippen molar-refractivity contribution >= 4 is 29.2 Å². The van der Waals surface area contributed by atoms with Crippen molar-refractivity contribution in [1.82, 2.24) is 9.97 Å². The molecule has 0 atom stereocenters.